The quantitative estimate of drug-likeness (QED) is 0.826. The van der Waals surface area contributed by atoms with Crippen LogP contribution < -0.4 is 10.2 Å². The number of nitrogens with one attached hydrogen (secondary N) is 1. The molecular weight excluding hydrogens is 302 g/mol. The summed E-state index contributed by atoms with van der Waals surface area (Å²) in [6.07, 6.45) is -0.255. The first-order valence-electron chi connectivity index (χ1n) is 8.62. The van der Waals surface area contributed by atoms with Gasteiger partial charge in [0.2, 0.25) is 0 Å². The van der Waals surface area contributed by atoms with Crippen LogP contribution in [0.2, 0.25) is 0 Å². The fraction of sp³-hybridized carbons (Fsp3) is 0.632. The molecule has 1 aromatic rings. The molecule has 136 valence electrons. The van der Waals surface area contributed by atoms with Crippen LogP contribution in [0.1, 0.15) is 46.2 Å². The van der Waals surface area contributed by atoms with Crippen LogP contribution >= 0.6 is 0 Å². The minimum Gasteiger partial charge on any atom is -0.444 e. The summed E-state index contributed by atoms with van der Waals surface area (Å²) in [6, 6.07) is 8.74. The molecule has 1 atom stereocenters. The summed E-state index contributed by atoms with van der Waals surface area (Å²) in [5.74, 6) is 0. The minimum absolute atomic E-state index is 0.235. The van der Waals surface area contributed by atoms with Crippen molar-refractivity contribution >= 4 is 11.8 Å². The van der Waals surface area contributed by atoms with Crippen LogP contribution in [0.15, 0.2) is 24.3 Å². The third-order valence-corrected chi connectivity index (χ3v) is 3.78. The first-order valence-corrected chi connectivity index (χ1v) is 8.62. The second-order valence-corrected chi connectivity index (χ2v) is 7.22. The number of carbonyl (C=O) groups excluding carboxylic acids is 1. The number of likely N-dealkylation sites (N-methyl/N-ethyl adjacent to an activating group) is 1. The predicted octanol–water partition coefficient (Wildman–Crippen LogP) is 3.66. The number of nitrogens with zero attached hydrogens (tertiary/aromatic N) is 2. The van der Waals surface area contributed by atoms with Crippen LogP contribution in [0.4, 0.5) is 10.5 Å². The lowest BCUT2D eigenvalue weighted by atomic mass is 10.1. The fourth-order valence-corrected chi connectivity index (χ4v) is 2.30. The minimum atomic E-state index is -0.459. The molecule has 1 amide bonds. The SMILES string of the molecule is CCN(CCNC(C)c1ccc(N(C)C)cc1)C(=O)OC(C)(C)C. The van der Waals surface area contributed by atoms with Crippen LogP contribution in [-0.4, -0.2) is 50.3 Å². The number of ether oxygens (including phenoxy) is 1. The summed E-state index contributed by atoms with van der Waals surface area (Å²) in [7, 11) is 4.07. The summed E-state index contributed by atoms with van der Waals surface area (Å²) in [5.41, 5.74) is 1.97. The van der Waals surface area contributed by atoms with Gasteiger partial charge < -0.3 is 19.9 Å². The molecule has 0 aliphatic rings. The van der Waals surface area contributed by atoms with Crippen molar-refractivity contribution in [3.8, 4) is 0 Å². The molecule has 0 fully saturated rings. The van der Waals surface area contributed by atoms with E-state index >= 15 is 0 Å². The zero-order valence-electron chi connectivity index (χ0n) is 16.2. The van der Waals surface area contributed by atoms with Crippen LogP contribution in [0.5, 0.6) is 0 Å². The van der Waals surface area contributed by atoms with Crippen LogP contribution in [0.25, 0.3) is 0 Å². The van der Waals surface area contributed by atoms with Gasteiger partial charge in [-0.1, -0.05) is 12.1 Å². The lowest BCUT2D eigenvalue weighted by molar-refractivity contribution is 0.0261. The third kappa shape index (κ3) is 6.79. The van der Waals surface area contributed by atoms with Gasteiger partial charge in [0.25, 0.3) is 0 Å². The van der Waals surface area contributed by atoms with E-state index in [0.717, 1.165) is 6.54 Å². The van der Waals surface area contributed by atoms with Crippen molar-refractivity contribution in [2.24, 2.45) is 0 Å². The Kier molecular flexibility index (Phi) is 7.55. The van der Waals surface area contributed by atoms with Gasteiger partial charge in [-0.15, -0.1) is 0 Å². The maximum atomic E-state index is 12.1. The highest BCUT2D eigenvalue weighted by Crippen LogP contribution is 2.17. The average molecular weight is 335 g/mol. The number of amides is 1. The van der Waals surface area contributed by atoms with E-state index in [9.17, 15) is 4.79 Å². The monoisotopic (exact) mass is 335 g/mol. The van der Waals surface area contributed by atoms with E-state index in [1.807, 2.05) is 41.8 Å². The lowest BCUT2D eigenvalue weighted by Crippen LogP contribution is -2.40. The summed E-state index contributed by atoms with van der Waals surface area (Å²) in [5, 5.41) is 3.47. The second-order valence-electron chi connectivity index (χ2n) is 7.22. The highest BCUT2D eigenvalue weighted by molar-refractivity contribution is 5.68. The van der Waals surface area contributed by atoms with E-state index in [1.165, 1.54) is 11.3 Å². The molecule has 1 N–H and O–H groups in total. The number of anilines is 1. The molecule has 5 heteroatoms. The molecule has 1 rings (SSSR count). The Morgan fingerprint density at radius 2 is 1.79 bits per heavy atom. The molecule has 0 aliphatic heterocycles. The Bertz CT molecular complexity index is 506. The van der Waals surface area contributed by atoms with Crippen molar-refractivity contribution in [1.29, 1.82) is 0 Å². The predicted molar refractivity (Wildman–Crippen MR) is 101 cm³/mol. The first-order chi connectivity index (χ1) is 11.1. The molecule has 0 saturated heterocycles. The van der Waals surface area contributed by atoms with Gasteiger partial charge in [-0.25, -0.2) is 4.79 Å². The molecule has 0 saturated carbocycles. The number of hydrogen-bond donors (Lipinski definition) is 1. The molecule has 0 bridgehead atoms. The van der Waals surface area contributed by atoms with Gasteiger partial charge in [0.05, 0.1) is 0 Å². The van der Waals surface area contributed by atoms with Crippen LogP contribution in [0.3, 0.4) is 0 Å². The Balaban J connectivity index is 2.48. The van der Waals surface area contributed by atoms with Crippen LogP contribution in [0, 0.1) is 0 Å². The maximum Gasteiger partial charge on any atom is 0.410 e. The largest absolute Gasteiger partial charge is 0.444 e. The van der Waals surface area contributed by atoms with Crippen molar-refractivity contribution in [3.63, 3.8) is 0 Å². The number of carbonyl (C=O) groups is 1. The maximum absolute atomic E-state index is 12.1. The number of hydrogen-bond acceptors (Lipinski definition) is 4. The Morgan fingerprint density at radius 3 is 2.25 bits per heavy atom. The Morgan fingerprint density at radius 1 is 1.21 bits per heavy atom. The summed E-state index contributed by atoms with van der Waals surface area (Å²) in [4.78, 5) is 15.9. The zero-order chi connectivity index (χ0) is 18.3. The molecule has 0 spiro atoms. The molecule has 1 unspecified atom stereocenters. The second kappa shape index (κ2) is 8.92. The van der Waals surface area contributed by atoms with Gasteiger partial charge in [-0.05, 0) is 52.3 Å². The standard InChI is InChI=1S/C19H33N3O2/c1-8-22(18(23)24-19(3,4)5)14-13-20-15(2)16-9-11-17(12-10-16)21(6)7/h9-12,15,20H,8,13-14H2,1-7H3. The molecule has 0 heterocycles. The molecule has 5 nitrogen and oxygen atoms in total. The summed E-state index contributed by atoms with van der Waals surface area (Å²) >= 11 is 0. The summed E-state index contributed by atoms with van der Waals surface area (Å²) in [6.45, 7) is 11.8. The zero-order valence-corrected chi connectivity index (χ0v) is 16.2. The fourth-order valence-electron chi connectivity index (χ4n) is 2.30. The molecule has 24 heavy (non-hydrogen) atoms. The first kappa shape index (κ1) is 20.3. The van der Waals surface area contributed by atoms with E-state index < -0.39 is 5.60 Å². The Labute approximate surface area is 147 Å². The van der Waals surface area contributed by atoms with Crippen molar-refractivity contribution in [2.45, 2.75) is 46.3 Å². The average Bonchev–Trinajstić information content (AvgIpc) is 2.49. The topological polar surface area (TPSA) is 44.8 Å². The van der Waals surface area contributed by atoms with E-state index in [1.54, 1.807) is 4.90 Å². The van der Waals surface area contributed by atoms with Crippen molar-refractivity contribution < 1.29 is 9.53 Å². The van der Waals surface area contributed by atoms with Gasteiger partial charge in [-0.2, -0.15) is 0 Å². The van der Waals surface area contributed by atoms with Gasteiger partial charge >= 0.3 is 6.09 Å². The van der Waals surface area contributed by atoms with Gasteiger partial charge in [0, 0.05) is 45.5 Å². The third-order valence-electron chi connectivity index (χ3n) is 3.78. The smallest absolute Gasteiger partial charge is 0.410 e. The van der Waals surface area contributed by atoms with Gasteiger partial charge in [0.1, 0.15) is 5.60 Å². The highest BCUT2D eigenvalue weighted by Gasteiger charge is 2.20. The highest BCUT2D eigenvalue weighted by atomic mass is 16.6. The van der Waals surface area contributed by atoms with Crippen molar-refractivity contribution in [1.82, 2.24) is 10.2 Å². The molecule has 0 radical (unpaired) electrons. The number of rotatable bonds is 7. The van der Waals surface area contributed by atoms with Crippen molar-refractivity contribution in [2.75, 3.05) is 38.6 Å². The molecule has 1 aromatic carbocycles. The number of benzene rings is 1. The van der Waals surface area contributed by atoms with Gasteiger partial charge in [0.15, 0.2) is 0 Å². The molecule has 0 aliphatic carbocycles. The van der Waals surface area contributed by atoms with E-state index in [0.29, 0.717) is 13.1 Å². The molecular formula is C19H33N3O2. The van der Waals surface area contributed by atoms with Crippen LogP contribution in [-0.2, 0) is 4.74 Å². The Hall–Kier alpha value is -1.75. The summed E-state index contributed by atoms with van der Waals surface area (Å²) < 4.78 is 5.42. The normalized spacial score (nSPS) is 12.6. The lowest BCUT2D eigenvalue weighted by Gasteiger charge is -2.27. The molecule has 0 aromatic heterocycles. The van der Waals surface area contributed by atoms with E-state index in [2.05, 4.69) is 41.4 Å². The van der Waals surface area contributed by atoms with E-state index in [-0.39, 0.29) is 12.1 Å². The van der Waals surface area contributed by atoms with Gasteiger partial charge in [-0.3, -0.25) is 0 Å². The van der Waals surface area contributed by atoms with Crippen molar-refractivity contribution in [3.05, 3.63) is 29.8 Å². The van der Waals surface area contributed by atoms with E-state index in [4.69, 9.17) is 4.74 Å².